The largest absolute Gasteiger partial charge is 0.341 e. The van der Waals surface area contributed by atoms with Crippen LogP contribution in [0.4, 0.5) is 11.6 Å². The molecule has 1 aromatic heterocycles. The number of nitrogens with zero attached hydrogens (tertiary/aromatic N) is 3. The first-order valence-electron chi connectivity index (χ1n) is 8.84. The van der Waals surface area contributed by atoms with Gasteiger partial charge in [0.1, 0.15) is 5.78 Å². The molecule has 0 bridgehead atoms. The number of rotatable bonds is 6. The van der Waals surface area contributed by atoms with Crippen LogP contribution in [0.1, 0.15) is 47.0 Å². The maximum absolute atomic E-state index is 12.3. The molecule has 1 fully saturated rings. The smallest absolute Gasteiger partial charge is 0.227 e. The van der Waals surface area contributed by atoms with Gasteiger partial charge in [-0.15, -0.1) is 0 Å². The molecule has 1 saturated heterocycles. The third-order valence-corrected chi connectivity index (χ3v) is 4.71. The normalized spacial score (nSPS) is 17.0. The highest BCUT2D eigenvalue weighted by Gasteiger charge is 2.28. The van der Waals surface area contributed by atoms with Gasteiger partial charge in [-0.3, -0.25) is 9.59 Å². The number of piperidine rings is 1. The van der Waals surface area contributed by atoms with E-state index in [-0.39, 0.29) is 23.7 Å². The van der Waals surface area contributed by atoms with E-state index < -0.39 is 0 Å². The van der Waals surface area contributed by atoms with Gasteiger partial charge in [-0.25, -0.2) is 9.97 Å². The molecule has 0 saturated carbocycles. The van der Waals surface area contributed by atoms with Crippen LogP contribution in [0, 0.1) is 17.8 Å². The first-order chi connectivity index (χ1) is 11.4. The van der Waals surface area contributed by atoms with E-state index in [0.29, 0.717) is 17.4 Å². The van der Waals surface area contributed by atoms with Crippen molar-refractivity contribution in [2.45, 2.75) is 47.0 Å². The maximum atomic E-state index is 12.3. The molecule has 1 atom stereocenters. The molecule has 1 amide bonds. The van der Waals surface area contributed by atoms with Crippen molar-refractivity contribution in [3.05, 3.63) is 12.4 Å². The summed E-state index contributed by atoms with van der Waals surface area (Å²) in [5, 5.41) is 2.79. The van der Waals surface area contributed by atoms with Gasteiger partial charge in [0.2, 0.25) is 11.9 Å². The standard InChI is InChI=1S/C18H28N4O2/c1-5-13(4)16(23)14-6-8-22(9-7-14)18-19-10-15(11-20-18)21-17(24)12(2)3/h10-14H,5-9H2,1-4H3,(H,21,24). The summed E-state index contributed by atoms with van der Waals surface area (Å²) in [5.74, 6) is 1.25. The minimum absolute atomic E-state index is 0.0456. The minimum Gasteiger partial charge on any atom is -0.341 e. The van der Waals surface area contributed by atoms with E-state index in [1.54, 1.807) is 12.4 Å². The van der Waals surface area contributed by atoms with Crippen molar-refractivity contribution in [1.29, 1.82) is 0 Å². The van der Waals surface area contributed by atoms with Gasteiger partial charge >= 0.3 is 0 Å². The average molecular weight is 332 g/mol. The van der Waals surface area contributed by atoms with Gasteiger partial charge in [0.25, 0.3) is 0 Å². The summed E-state index contributed by atoms with van der Waals surface area (Å²) in [6.07, 6.45) is 5.90. The molecule has 0 aromatic carbocycles. The molecular formula is C18H28N4O2. The Hall–Kier alpha value is -1.98. The Balaban J connectivity index is 1.90. The second-order valence-electron chi connectivity index (χ2n) is 6.89. The number of amides is 1. The molecule has 1 aromatic rings. The summed E-state index contributed by atoms with van der Waals surface area (Å²) < 4.78 is 0. The number of carbonyl (C=O) groups is 2. The number of carbonyl (C=O) groups excluding carboxylic acids is 2. The van der Waals surface area contributed by atoms with E-state index in [1.165, 1.54) is 0 Å². The van der Waals surface area contributed by atoms with Crippen LogP contribution < -0.4 is 10.2 Å². The van der Waals surface area contributed by atoms with Gasteiger partial charge in [-0.1, -0.05) is 27.7 Å². The number of ketones is 1. The second kappa shape index (κ2) is 8.22. The fourth-order valence-corrected chi connectivity index (χ4v) is 2.80. The number of Topliss-reactive ketones (excluding diaryl/α,β-unsaturated/α-hetero) is 1. The molecular weight excluding hydrogens is 304 g/mol. The Labute approximate surface area is 144 Å². The monoisotopic (exact) mass is 332 g/mol. The van der Waals surface area contributed by atoms with Crippen LogP contribution in [0.15, 0.2) is 12.4 Å². The molecule has 2 heterocycles. The summed E-state index contributed by atoms with van der Waals surface area (Å²) in [4.78, 5) is 34.8. The molecule has 6 heteroatoms. The molecule has 0 spiro atoms. The SMILES string of the molecule is CCC(C)C(=O)C1CCN(c2ncc(NC(=O)C(C)C)cn2)CC1. The van der Waals surface area contributed by atoms with Crippen molar-refractivity contribution in [3.63, 3.8) is 0 Å². The molecule has 1 aliphatic heterocycles. The molecule has 24 heavy (non-hydrogen) atoms. The fourth-order valence-electron chi connectivity index (χ4n) is 2.80. The lowest BCUT2D eigenvalue weighted by Gasteiger charge is -2.32. The minimum atomic E-state index is -0.0771. The summed E-state index contributed by atoms with van der Waals surface area (Å²) in [6, 6.07) is 0. The van der Waals surface area contributed by atoms with Gasteiger partial charge < -0.3 is 10.2 Å². The molecule has 1 unspecified atom stereocenters. The molecule has 0 aliphatic carbocycles. The quantitative estimate of drug-likeness (QED) is 0.867. The van der Waals surface area contributed by atoms with Crippen LogP contribution in [-0.4, -0.2) is 34.7 Å². The Morgan fingerprint density at radius 2 is 1.79 bits per heavy atom. The van der Waals surface area contributed by atoms with E-state index in [2.05, 4.69) is 27.1 Å². The van der Waals surface area contributed by atoms with E-state index in [1.807, 2.05) is 20.8 Å². The molecule has 2 rings (SSSR count). The number of anilines is 2. The Morgan fingerprint density at radius 3 is 2.29 bits per heavy atom. The predicted octanol–water partition coefficient (Wildman–Crippen LogP) is 2.90. The van der Waals surface area contributed by atoms with Crippen molar-refractivity contribution in [2.75, 3.05) is 23.3 Å². The van der Waals surface area contributed by atoms with Crippen LogP contribution in [0.3, 0.4) is 0 Å². The Kier molecular flexibility index (Phi) is 6.29. The third-order valence-electron chi connectivity index (χ3n) is 4.71. The lowest BCUT2D eigenvalue weighted by Crippen LogP contribution is -2.38. The zero-order valence-corrected chi connectivity index (χ0v) is 15.1. The number of aromatic nitrogens is 2. The van der Waals surface area contributed by atoms with Crippen LogP contribution >= 0.6 is 0 Å². The molecule has 0 radical (unpaired) electrons. The van der Waals surface area contributed by atoms with Crippen LogP contribution in [0.2, 0.25) is 0 Å². The van der Waals surface area contributed by atoms with Crippen molar-refractivity contribution in [1.82, 2.24) is 9.97 Å². The van der Waals surface area contributed by atoms with Gasteiger partial charge in [0.05, 0.1) is 18.1 Å². The average Bonchev–Trinajstić information content (AvgIpc) is 2.61. The number of hydrogen-bond donors (Lipinski definition) is 1. The van der Waals surface area contributed by atoms with E-state index in [0.717, 1.165) is 32.4 Å². The van der Waals surface area contributed by atoms with Gasteiger partial charge in [0, 0.05) is 30.8 Å². The van der Waals surface area contributed by atoms with Crippen LogP contribution in [0.5, 0.6) is 0 Å². The molecule has 1 aliphatic rings. The summed E-state index contributed by atoms with van der Waals surface area (Å²) in [7, 11) is 0. The van der Waals surface area contributed by atoms with Crippen molar-refractivity contribution < 1.29 is 9.59 Å². The van der Waals surface area contributed by atoms with E-state index in [9.17, 15) is 9.59 Å². The van der Waals surface area contributed by atoms with Crippen molar-refractivity contribution in [3.8, 4) is 0 Å². The van der Waals surface area contributed by atoms with Gasteiger partial charge in [0.15, 0.2) is 0 Å². The molecule has 6 nitrogen and oxygen atoms in total. The summed E-state index contributed by atoms with van der Waals surface area (Å²) in [5.41, 5.74) is 0.610. The van der Waals surface area contributed by atoms with Crippen molar-refractivity contribution in [2.24, 2.45) is 17.8 Å². The van der Waals surface area contributed by atoms with Crippen molar-refractivity contribution >= 4 is 23.3 Å². The molecule has 132 valence electrons. The number of hydrogen-bond acceptors (Lipinski definition) is 5. The lowest BCUT2D eigenvalue weighted by molar-refractivity contribution is -0.127. The highest BCUT2D eigenvalue weighted by atomic mass is 16.1. The second-order valence-corrected chi connectivity index (χ2v) is 6.89. The van der Waals surface area contributed by atoms with Crippen LogP contribution in [0.25, 0.3) is 0 Å². The predicted molar refractivity (Wildman–Crippen MR) is 94.9 cm³/mol. The van der Waals surface area contributed by atoms with Gasteiger partial charge in [-0.2, -0.15) is 0 Å². The first-order valence-corrected chi connectivity index (χ1v) is 8.84. The zero-order chi connectivity index (χ0) is 17.7. The van der Waals surface area contributed by atoms with E-state index >= 15 is 0 Å². The maximum Gasteiger partial charge on any atom is 0.227 e. The third kappa shape index (κ3) is 4.52. The Bertz CT molecular complexity index is 563. The molecule has 1 N–H and O–H groups in total. The fraction of sp³-hybridized carbons (Fsp3) is 0.667. The Morgan fingerprint density at radius 1 is 1.21 bits per heavy atom. The number of nitrogens with one attached hydrogen (secondary N) is 1. The summed E-state index contributed by atoms with van der Waals surface area (Å²) in [6.45, 7) is 9.35. The topological polar surface area (TPSA) is 75.2 Å². The zero-order valence-electron chi connectivity index (χ0n) is 15.1. The van der Waals surface area contributed by atoms with Gasteiger partial charge in [-0.05, 0) is 19.3 Å². The first kappa shape index (κ1) is 18.4. The van der Waals surface area contributed by atoms with E-state index in [4.69, 9.17) is 0 Å². The summed E-state index contributed by atoms with van der Waals surface area (Å²) >= 11 is 0. The lowest BCUT2D eigenvalue weighted by atomic mass is 9.85. The van der Waals surface area contributed by atoms with Crippen LogP contribution in [-0.2, 0) is 9.59 Å². The highest BCUT2D eigenvalue weighted by molar-refractivity contribution is 5.91. The highest BCUT2D eigenvalue weighted by Crippen LogP contribution is 2.24.